The minimum absolute atomic E-state index is 0.255. The molecule has 0 aliphatic carbocycles. The molecule has 0 aromatic heterocycles. The van der Waals surface area contributed by atoms with Crippen molar-refractivity contribution in [2.24, 2.45) is 5.92 Å². The van der Waals surface area contributed by atoms with E-state index in [-0.39, 0.29) is 6.61 Å². The summed E-state index contributed by atoms with van der Waals surface area (Å²) in [5.41, 5.74) is 0. The second-order valence-corrected chi connectivity index (χ2v) is 3.94. The van der Waals surface area contributed by atoms with Crippen LogP contribution in [0, 0.1) is 5.92 Å². The van der Waals surface area contributed by atoms with Gasteiger partial charge in [0.15, 0.2) is 0 Å². The maximum atomic E-state index is 9.08. The van der Waals surface area contributed by atoms with E-state index in [1.165, 1.54) is 12.8 Å². The van der Waals surface area contributed by atoms with Crippen molar-refractivity contribution in [3.8, 4) is 0 Å². The second-order valence-electron chi connectivity index (χ2n) is 3.94. The Morgan fingerprint density at radius 3 is 2.67 bits per heavy atom. The minimum atomic E-state index is 0.255. The summed E-state index contributed by atoms with van der Waals surface area (Å²) >= 11 is 0. The van der Waals surface area contributed by atoms with Gasteiger partial charge in [0.1, 0.15) is 0 Å². The highest BCUT2D eigenvalue weighted by molar-refractivity contribution is 4.99. The van der Waals surface area contributed by atoms with Gasteiger partial charge in [-0.25, -0.2) is 0 Å². The fraction of sp³-hybridized carbons (Fsp3) is 1.00. The van der Waals surface area contributed by atoms with Crippen molar-refractivity contribution < 1.29 is 10.2 Å². The third-order valence-corrected chi connectivity index (χ3v) is 3.40. The maximum Gasteiger partial charge on any atom is 0.0558 e. The molecule has 0 aromatic carbocycles. The molecule has 70 valence electrons. The highest BCUT2D eigenvalue weighted by atomic mass is 16.3. The van der Waals surface area contributed by atoms with Crippen molar-refractivity contribution in [1.82, 2.24) is 4.90 Å². The van der Waals surface area contributed by atoms with Gasteiger partial charge < -0.3 is 10.2 Å². The zero-order chi connectivity index (χ0) is 8.55. The first kappa shape index (κ1) is 8.48. The van der Waals surface area contributed by atoms with Crippen molar-refractivity contribution in [3.05, 3.63) is 0 Å². The molecule has 2 aliphatic rings. The van der Waals surface area contributed by atoms with Crippen molar-refractivity contribution in [2.75, 3.05) is 19.8 Å². The van der Waals surface area contributed by atoms with Gasteiger partial charge in [-0.2, -0.15) is 0 Å². The van der Waals surface area contributed by atoms with Crippen LogP contribution in [0.4, 0.5) is 0 Å². The Hall–Kier alpha value is -0.120. The van der Waals surface area contributed by atoms with Crippen molar-refractivity contribution in [3.63, 3.8) is 0 Å². The third kappa shape index (κ3) is 1.16. The quantitative estimate of drug-likeness (QED) is 0.619. The summed E-state index contributed by atoms with van der Waals surface area (Å²) in [5, 5.41) is 17.9. The number of aliphatic hydroxyl groups excluding tert-OH is 2. The van der Waals surface area contributed by atoms with Crippen LogP contribution in [0.15, 0.2) is 0 Å². The first-order chi connectivity index (χ1) is 5.86. The number of nitrogens with zero attached hydrogens (tertiary/aromatic N) is 1. The first-order valence-corrected chi connectivity index (χ1v) is 4.84. The smallest absolute Gasteiger partial charge is 0.0558 e. The summed E-state index contributed by atoms with van der Waals surface area (Å²) in [5.74, 6) is 0.482. The molecule has 0 aromatic rings. The van der Waals surface area contributed by atoms with E-state index in [0.29, 0.717) is 24.6 Å². The SMILES string of the molecule is OCCN1C2CCC1C(CO)C2. The lowest BCUT2D eigenvalue weighted by atomic mass is 9.90. The zero-order valence-corrected chi connectivity index (χ0v) is 7.32. The van der Waals surface area contributed by atoms with Gasteiger partial charge in [0.2, 0.25) is 0 Å². The van der Waals surface area contributed by atoms with Crippen molar-refractivity contribution >= 4 is 0 Å². The van der Waals surface area contributed by atoms with Gasteiger partial charge >= 0.3 is 0 Å². The number of fused-ring (bicyclic) bond motifs is 2. The van der Waals surface area contributed by atoms with E-state index in [2.05, 4.69) is 4.90 Å². The van der Waals surface area contributed by atoms with Gasteiger partial charge in [0.05, 0.1) is 6.61 Å². The van der Waals surface area contributed by atoms with Gasteiger partial charge in [-0.3, -0.25) is 4.90 Å². The van der Waals surface area contributed by atoms with Gasteiger partial charge in [-0.05, 0) is 25.2 Å². The van der Waals surface area contributed by atoms with Crippen LogP contribution in [-0.4, -0.2) is 47.0 Å². The van der Waals surface area contributed by atoms with Crippen LogP contribution in [0.5, 0.6) is 0 Å². The van der Waals surface area contributed by atoms with E-state index in [4.69, 9.17) is 10.2 Å². The van der Waals surface area contributed by atoms with E-state index < -0.39 is 0 Å². The van der Waals surface area contributed by atoms with Crippen LogP contribution < -0.4 is 0 Å². The van der Waals surface area contributed by atoms with Crippen LogP contribution in [0.1, 0.15) is 19.3 Å². The van der Waals surface area contributed by atoms with Gasteiger partial charge in [-0.15, -0.1) is 0 Å². The Balaban J connectivity index is 1.99. The number of hydrogen-bond donors (Lipinski definition) is 2. The summed E-state index contributed by atoms with van der Waals surface area (Å²) < 4.78 is 0. The Morgan fingerprint density at radius 1 is 1.25 bits per heavy atom. The molecule has 2 N–H and O–H groups in total. The molecular weight excluding hydrogens is 154 g/mol. The first-order valence-electron chi connectivity index (χ1n) is 4.84. The molecule has 3 heteroatoms. The standard InChI is InChI=1S/C9H17NO2/c11-4-3-10-8-1-2-9(10)7(5-8)6-12/h7-9,11-12H,1-6H2. The lowest BCUT2D eigenvalue weighted by Gasteiger charge is -2.22. The van der Waals surface area contributed by atoms with Gasteiger partial charge in [0, 0.05) is 25.2 Å². The van der Waals surface area contributed by atoms with E-state index >= 15 is 0 Å². The molecule has 2 aliphatic heterocycles. The lowest BCUT2D eigenvalue weighted by molar-refractivity contribution is 0.152. The predicted molar refractivity (Wildman–Crippen MR) is 45.8 cm³/mol. The summed E-state index contributed by atoms with van der Waals surface area (Å²) in [7, 11) is 0. The average molecular weight is 171 g/mol. The molecule has 3 unspecified atom stereocenters. The number of hydrogen-bond acceptors (Lipinski definition) is 3. The third-order valence-electron chi connectivity index (χ3n) is 3.40. The minimum Gasteiger partial charge on any atom is -0.396 e. The molecule has 2 heterocycles. The fourth-order valence-electron chi connectivity index (χ4n) is 2.89. The molecule has 2 bridgehead atoms. The summed E-state index contributed by atoms with van der Waals surface area (Å²) in [6.45, 7) is 1.38. The average Bonchev–Trinajstić information content (AvgIpc) is 2.63. The number of rotatable bonds is 3. The number of aliphatic hydroxyl groups is 2. The Bertz CT molecular complexity index is 163. The molecule has 0 spiro atoms. The largest absolute Gasteiger partial charge is 0.396 e. The molecule has 3 atom stereocenters. The van der Waals surface area contributed by atoms with E-state index in [9.17, 15) is 0 Å². The van der Waals surface area contributed by atoms with E-state index in [1.54, 1.807) is 0 Å². The maximum absolute atomic E-state index is 9.08. The zero-order valence-electron chi connectivity index (χ0n) is 7.32. The van der Waals surface area contributed by atoms with Gasteiger partial charge in [-0.1, -0.05) is 0 Å². The van der Waals surface area contributed by atoms with Crippen molar-refractivity contribution in [2.45, 2.75) is 31.3 Å². The molecule has 12 heavy (non-hydrogen) atoms. The molecule has 0 amide bonds. The molecule has 0 saturated carbocycles. The summed E-state index contributed by atoms with van der Waals surface area (Å²) in [6, 6.07) is 1.21. The van der Waals surface area contributed by atoms with Crippen molar-refractivity contribution in [1.29, 1.82) is 0 Å². The Kier molecular flexibility index (Phi) is 2.35. The van der Waals surface area contributed by atoms with E-state index in [0.717, 1.165) is 13.0 Å². The predicted octanol–water partition coefficient (Wildman–Crippen LogP) is -0.176. The lowest BCUT2D eigenvalue weighted by Crippen LogP contribution is -2.33. The molecule has 2 fully saturated rings. The molecule has 2 saturated heterocycles. The van der Waals surface area contributed by atoms with Crippen LogP contribution in [-0.2, 0) is 0 Å². The monoisotopic (exact) mass is 171 g/mol. The summed E-state index contributed by atoms with van der Waals surface area (Å²) in [4.78, 5) is 2.38. The fourth-order valence-corrected chi connectivity index (χ4v) is 2.89. The van der Waals surface area contributed by atoms with Crippen LogP contribution in [0.2, 0.25) is 0 Å². The normalized spacial score (nSPS) is 41.0. The summed E-state index contributed by atoms with van der Waals surface area (Å²) in [6.07, 6.45) is 3.62. The van der Waals surface area contributed by atoms with Gasteiger partial charge in [0.25, 0.3) is 0 Å². The molecule has 2 rings (SSSR count). The molecule has 0 radical (unpaired) electrons. The second kappa shape index (κ2) is 3.32. The Morgan fingerprint density at radius 2 is 2.08 bits per heavy atom. The van der Waals surface area contributed by atoms with Crippen LogP contribution in [0.3, 0.4) is 0 Å². The Labute approximate surface area is 73.0 Å². The highest BCUT2D eigenvalue weighted by Gasteiger charge is 2.44. The van der Waals surface area contributed by atoms with Crippen LogP contribution >= 0.6 is 0 Å². The van der Waals surface area contributed by atoms with E-state index in [1.807, 2.05) is 0 Å². The highest BCUT2D eigenvalue weighted by Crippen LogP contribution is 2.40. The topological polar surface area (TPSA) is 43.7 Å². The molecule has 3 nitrogen and oxygen atoms in total. The molecular formula is C9H17NO2. The van der Waals surface area contributed by atoms with Crippen LogP contribution in [0.25, 0.3) is 0 Å².